The maximum absolute atomic E-state index is 11.4. The van der Waals surface area contributed by atoms with Gasteiger partial charge in [-0.15, -0.1) is 0 Å². The van der Waals surface area contributed by atoms with Gasteiger partial charge in [-0.05, 0) is 29.9 Å². The normalized spacial score (nSPS) is 13.1. The van der Waals surface area contributed by atoms with Gasteiger partial charge >= 0.3 is 0 Å². The van der Waals surface area contributed by atoms with E-state index in [-0.39, 0.29) is 5.41 Å². The van der Waals surface area contributed by atoms with Crippen LogP contribution >= 0.6 is 0 Å². The number of phenols is 1. The van der Waals surface area contributed by atoms with Crippen molar-refractivity contribution in [3.63, 3.8) is 0 Å². The SMILES string of the molecule is CCCCCCCCCCCCCCCCCCC(C)(c1ccccc1C)c1ccc2ccccc2c1O. The van der Waals surface area contributed by atoms with E-state index in [4.69, 9.17) is 0 Å². The molecule has 0 aromatic heterocycles. The van der Waals surface area contributed by atoms with E-state index in [9.17, 15) is 5.11 Å². The number of hydrogen-bond donors (Lipinski definition) is 1. The lowest BCUT2D eigenvalue weighted by Crippen LogP contribution is -2.25. The van der Waals surface area contributed by atoms with E-state index in [1.807, 2.05) is 18.2 Å². The second kappa shape index (κ2) is 16.6. The molecule has 0 radical (unpaired) electrons. The Morgan fingerprint density at radius 2 is 1.05 bits per heavy atom. The number of hydrogen-bond acceptors (Lipinski definition) is 1. The second-order valence-corrected chi connectivity index (χ2v) is 11.9. The van der Waals surface area contributed by atoms with E-state index in [0.717, 1.165) is 22.8 Å². The summed E-state index contributed by atoms with van der Waals surface area (Å²) in [7, 11) is 0. The van der Waals surface area contributed by atoms with Crippen LogP contribution < -0.4 is 0 Å². The largest absolute Gasteiger partial charge is 0.507 e. The number of aryl methyl sites for hydroxylation is 1. The van der Waals surface area contributed by atoms with Crippen LogP contribution in [0.4, 0.5) is 0 Å². The minimum atomic E-state index is -0.199. The van der Waals surface area contributed by atoms with E-state index in [1.54, 1.807) is 0 Å². The summed E-state index contributed by atoms with van der Waals surface area (Å²) in [6.45, 7) is 6.84. The van der Waals surface area contributed by atoms with Crippen molar-refractivity contribution in [2.75, 3.05) is 0 Å². The van der Waals surface area contributed by atoms with Gasteiger partial charge in [0, 0.05) is 16.4 Å². The van der Waals surface area contributed by atoms with Crippen LogP contribution in [0, 0.1) is 6.92 Å². The Labute approximate surface area is 234 Å². The Bertz CT molecular complexity index is 1070. The zero-order valence-corrected chi connectivity index (χ0v) is 24.7. The molecule has 1 unspecified atom stereocenters. The van der Waals surface area contributed by atoms with Crippen LogP contribution in [-0.2, 0) is 5.41 Å². The predicted octanol–water partition coefficient (Wildman–Crippen LogP) is 11.8. The van der Waals surface area contributed by atoms with Crippen LogP contribution in [-0.4, -0.2) is 5.11 Å². The third-order valence-electron chi connectivity index (χ3n) is 8.76. The van der Waals surface area contributed by atoms with Crippen LogP contribution in [0.2, 0.25) is 0 Å². The quantitative estimate of drug-likeness (QED) is 0.158. The molecule has 0 bridgehead atoms. The van der Waals surface area contributed by atoms with Gasteiger partial charge in [0.25, 0.3) is 0 Å². The summed E-state index contributed by atoms with van der Waals surface area (Å²) >= 11 is 0. The highest BCUT2D eigenvalue weighted by atomic mass is 16.3. The van der Waals surface area contributed by atoms with Crippen molar-refractivity contribution in [2.24, 2.45) is 0 Å². The van der Waals surface area contributed by atoms with Crippen molar-refractivity contribution in [1.82, 2.24) is 0 Å². The molecule has 1 heteroatoms. The Morgan fingerprint density at radius 1 is 0.553 bits per heavy atom. The van der Waals surface area contributed by atoms with E-state index >= 15 is 0 Å². The fourth-order valence-electron chi connectivity index (χ4n) is 6.33. The van der Waals surface area contributed by atoms with Gasteiger partial charge in [0.15, 0.2) is 0 Å². The van der Waals surface area contributed by atoms with Crippen LogP contribution in [0.5, 0.6) is 5.75 Å². The molecule has 38 heavy (non-hydrogen) atoms. The van der Waals surface area contributed by atoms with Gasteiger partial charge in [-0.3, -0.25) is 0 Å². The number of phenolic OH excluding ortho intramolecular Hbond substituents is 1. The van der Waals surface area contributed by atoms with Crippen molar-refractivity contribution in [2.45, 2.75) is 135 Å². The summed E-state index contributed by atoms with van der Waals surface area (Å²) in [5, 5.41) is 13.4. The highest BCUT2D eigenvalue weighted by Crippen LogP contribution is 2.44. The monoisotopic (exact) mass is 514 g/mol. The van der Waals surface area contributed by atoms with E-state index < -0.39 is 0 Å². The Kier molecular flexibility index (Phi) is 13.2. The van der Waals surface area contributed by atoms with Crippen LogP contribution in [0.25, 0.3) is 10.8 Å². The Balaban J connectivity index is 1.42. The Morgan fingerprint density at radius 3 is 1.63 bits per heavy atom. The molecule has 3 aromatic rings. The summed E-state index contributed by atoms with van der Waals surface area (Å²) in [5.74, 6) is 0.449. The first-order valence-corrected chi connectivity index (χ1v) is 15.8. The molecule has 3 rings (SSSR count). The van der Waals surface area contributed by atoms with Crippen LogP contribution in [0.15, 0.2) is 60.7 Å². The molecule has 0 amide bonds. The van der Waals surface area contributed by atoms with Crippen molar-refractivity contribution in [3.05, 3.63) is 77.4 Å². The predicted molar refractivity (Wildman–Crippen MR) is 167 cm³/mol. The molecule has 0 spiro atoms. The highest BCUT2D eigenvalue weighted by Gasteiger charge is 2.32. The molecule has 0 aliphatic heterocycles. The lowest BCUT2D eigenvalue weighted by Gasteiger charge is -2.33. The van der Waals surface area contributed by atoms with E-state index in [0.29, 0.717) is 5.75 Å². The van der Waals surface area contributed by atoms with E-state index in [2.05, 4.69) is 63.2 Å². The maximum Gasteiger partial charge on any atom is 0.127 e. The molecule has 0 aliphatic carbocycles. The smallest absolute Gasteiger partial charge is 0.127 e. The minimum absolute atomic E-state index is 0.199. The first kappa shape index (κ1) is 30.3. The molecule has 0 heterocycles. The van der Waals surface area contributed by atoms with Gasteiger partial charge < -0.3 is 5.11 Å². The molecule has 1 nitrogen and oxygen atoms in total. The molecule has 1 N–H and O–H groups in total. The van der Waals surface area contributed by atoms with Gasteiger partial charge in [-0.1, -0.05) is 177 Å². The summed E-state index contributed by atoms with van der Waals surface area (Å²) in [6, 6.07) is 21.3. The zero-order valence-electron chi connectivity index (χ0n) is 24.7. The van der Waals surface area contributed by atoms with Gasteiger partial charge in [0.2, 0.25) is 0 Å². The number of rotatable bonds is 19. The van der Waals surface area contributed by atoms with Gasteiger partial charge in [0.1, 0.15) is 5.75 Å². The average molecular weight is 515 g/mol. The van der Waals surface area contributed by atoms with Crippen LogP contribution in [0.1, 0.15) is 140 Å². The zero-order chi connectivity index (χ0) is 27.1. The Hall–Kier alpha value is -2.28. The number of benzene rings is 3. The summed E-state index contributed by atoms with van der Waals surface area (Å²) in [4.78, 5) is 0. The third kappa shape index (κ3) is 8.89. The molecule has 1 atom stereocenters. The molecular weight excluding hydrogens is 460 g/mol. The van der Waals surface area contributed by atoms with Gasteiger partial charge in [-0.2, -0.15) is 0 Å². The van der Waals surface area contributed by atoms with Gasteiger partial charge in [0.05, 0.1) is 0 Å². The summed E-state index contributed by atoms with van der Waals surface area (Å²) < 4.78 is 0. The molecule has 208 valence electrons. The first-order valence-electron chi connectivity index (χ1n) is 15.8. The van der Waals surface area contributed by atoms with Crippen molar-refractivity contribution in [1.29, 1.82) is 0 Å². The highest BCUT2D eigenvalue weighted by molar-refractivity contribution is 5.89. The van der Waals surface area contributed by atoms with Crippen molar-refractivity contribution in [3.8, 4) is 5.75 Å². The molecule has 0 saturated heterocycles. The van der Waals surface area contributed by atoms with Crippen LogP contribution in [0.3, 0.4) is 0 Å². The first-order chi connectivity index (χ1) is 18.6. The molecular formula is C37H54O. The van der Waals surface area contributed by atoms with Crippen molar-refractivity contribution >= 4 is 10.8 Å². The lowest BCUT2D eigenvalue weighted by atomic mass is 9.70. The molecule has 0 fully saturated rings. The summed E-state index contributed by atoms with van der Waals surface area (Å²) in [6.07, 6.45) is 23.3. The molecule has 0 saturated carbocycles. The van der Waals surface area contributed by atoms with Crippen molar-refractivity contribution < 1.29 is 5.11 Å². The van der Waals surface area contributed by atoms with E-state index in [1.165, 1.54) is 114 Å². The lowest BCUT2D eigenvalue weighted by molar-refractivity contribution is 0.426. The third-order valence-corrected chi connectivity index (χ3v) is 8.76. The minimum Gasteiger partial charge on any atom is -0.507 e. The second-order valence-electron chi connectivity index (χ2n) is 11.9. The average Bonchev–Trinajstić information content (AvgIpc) is 2.93. The fraction of sp³-hybridized carbons (Fsp3) is 0.568. The number of unbranched alkanes of at least 4 members (excludes halogenated alkanes) is 15. The fourth-order valence-corrected chi connectivity index (χ4v) is 6.33. The number of aromatic hydroxyl groups is 1. The molecule has 0 aliphatic rings. The maximum atomic E-state index is 11.4. The van der Waals surface area contributed by atoms with Gasteiger partial charge in [-0.25, -0.2) is 0 Å². The standard InChI is InChI=1S/C37H54O/c1-4-5-6-7-8-9-10-11-12-13-14-15-16-17-18-23-30-37(3,34-27-22-19-24-31(34)2)35-29-28-32-25-20-21-26-33(32)36(35)38/h19-22,24-29,38H,4-18,23,30H2,1-3H3. The number of fused-ring (bicyclic) bond motifs is 1. The molecule has 3 aromatic carbocycles. The summed E-state index contributed by atoms with van der Waals surface area (Å²) in [5.41, 5.74) is 3.51. The topological polar surface area (TPSA) is 20.2 Å².